The molecular weight excluding hydrogens is 264 g/mol. The van der Waals surface area contributed by atoms with Crippen molar-refractivity contribution >= 4 is 5.91 Å². The van der Waals surface area contributed by atoms with Crippen LogP contribution in [0.2, 0.25) is 0 Å². The average Bonchev–Trinajstić information content (AvgIpc) is 3.22. The lowest BCUT2D eigenvalue weighted by Crippen LogP contribution is -2.41. The van der Waals surface area contributed by atoms with Gasteiger partial charge in [-0.1, -0.05) is 18.2 Å². The Morgan fingerprint density at radius 2 is 2.00 bits per heavy atom. The molecule has 1 aromatic carbocycles. The van der Waals surface area contributed by atoms with Crippen LogP contribution in [0.25, 0.3) is 0 Å². The molecule has 2 atom stereocenters. The summed E-state index contributed by atoms with van der Waals surface area (Å²) < 4.78 is 5.37. The monoisotopic (exact) mass is 290 g/mol. The first-order chi connectivity index (χ1) is 9.92. The summed E-state index contributed by atoms with van der Waals surface area (Å²) in [5.41, 5.74) is 1.23. The summed E-state index contributed by atoms with van der Waals surface area (Å²) in [6.07, 6.45) is 0.916. The fourth-order valence-corrected chi connectivity index (χ4v) is 2.56. The number of methoxy groups -OCH3 is 1. The molecule has 2 N–H and O–H groups in total. The van der Waals surface area contributed by atoms with Gasteiger partial charge in [0.05, 0.1) is 7.11 Å². The van der Waals surface area contributed by atoms with Crippen molar-refractivity contribution in [2.75, 3.05) is 20.2 Å². The van der Waals surface area contributed by atoms with E-state index in [1.807, 2.05) is 18.2 Å². The van der Waals surface area contributed by atoms with Crippen LogP contribution in [0.15, 0.2) is 24.3 Å². The van der Waals surface area contributed by atoms with E-state index in [9.17, 15) is 4.79 Å². The molecule has 0 aliphatic heterocycles. The van der Waals surface area contributed by atoms with Crippen LogP contribution >= 0.6 is 0 Å². The van der Waals surface area contributed by atoms with Crippen LogP contribution in [0.3, 0.4) is 0 Å². The lowest BCUT2D eigenvalue weighted by molar-refractivity contribution is -0.122. The van der Waals surface area contributed by atoms with E-state index in [-0.39, 0.29) is 17.4 Å². The number of rotatable bonds is 6. The van der Waals surface area contributed by atoms with E-state index in [0.717, 1.165) is 24.3 Å². The van der Waals surface area contributed by atoms with Crippen LogP contribution < -0.4 is 15.4 Å². The van der Waals surface area contributed by atoms with E-state index in [0.29, 0.717) is 12.5 Å². The summed E-state index contributed by atoms with van der Waals surface area (Å²) in [5.74, 6) is 1.43. The topological polar surface area (TPSA) is 50.4 Å². The highest BCUT2D eigenvalue weighted by molar-refractivity contribution is 5.83. The first-order valence-electron chi connectivity index (χ1n) is 7.58. The summed E-state index contributed by atoms with van der Waals surface area (Å²) in [6, 6.07) is 7.96. The Hall–Kier alpha value is -1.55. The van der Waals surface area contributed by atoms with Gasteiger partial charge in [-0.05, 0) is 44.7 Å². The minimum Gasteiger partial charge on any atom is -0.496 e. The molecule has 0 spiro atoms. The Kier molecular flexibility index (Phi) is 4.88. The van der Waals surface area contributed by atoms with Gasteiger partial charge in [-0.15, -0.1) is 0 Å². The SMILES string of the molecule is COc1ccccc1C1CC1C(=O)NCCNC(C)(C)C. The molecule has 4 nitrogen and oxygen atoms in total. The predicted octanol–water partition coefficient (Wildman–Crippen LogP) is 2.30. The fraction of sp³-hybridized carbons (Fsp3) is 0.588. The molecule has 21 heavy (non-hydrogen) atoms. The zero-order chi connectivity index (χ0) is 15.5. The van der Waals surface area contributed by atoms with E-state index in [1.54, 1.807) is 7.11 Å². The molecule has 2 unspecified atom stereocenters. The van der Waals surface area contributed by atoms with Crippen LogP contribution in [0.5, 0.6) is 5.75 Å². The molecule has 0 aromatic heterocycles. The molecule has 2 rings (SSSR count). The van der Waals surface area contributed by atoms with Gasteiger partial charge in [0.15, 0.2) is 0 Å². The Morgan fingerprint density at radius 3 is 2.67 bits per heavy atom. The van der Waals surface area contributed by atoms with E-state index < -0.39 is 0 Å². The molecule has 1 amide bonds. The molecule has 4 heteroatoms. The number of benzene rings is 1. The molecule has 0 radical (unpaired) electrons. The lowest BCUT2D eigenvalue weighted by atomic mass is 10.1. The molecule has 1 aliphatic rings. The molecule has 1 saturated carbocycles. The molecule has 0 saturated heterocycles. The quantitative estimate of drug-likeness (QED) is 0.790. The number of hydrogen-bond acceptors (Lipinski definition) is 3. The third kappa shape index (κ3) is 4.46. The van der Waals surface area contributed by atoms with Gasteiger partial charge in [-0.2, -0.15) is 0 Å². The number of carbonyl (C=O) groups is 1. The molecule has 0 bridgehead atoms. The standard InChI is InChI=1S/C17H26N2O2/c1-17(2,3)19-10-9-18-16(20)14-11-13(14)12-7-5-6-8-15(12)21-4/h5-8,13-14,19H,9-11H2,1-4H3,(H,18,20). The third-order valence-electron chi connectivity index (χ3n) is 3.75. The number of para-hydroxylation sites is 1. The van der Waals surface area contributed by atoms with Crippen molar-refractivity contribution in [2.24, 2.45) is 5.92 Å². The van der Waals surface area contributed by atoms with Crippen molar-refractivity contribution in [2.45, 2.75) is 38.6 Å². The highest BCUT2D eigenvalue weighted by Gasteiger charge is 2.45. The fourth-order valence-electron chi connectivity index (χ4n) is 2.56. The summed E-state index contributed by atoms with van der Waals surface area (Å²) in [4.78, 5) is 12.1. The number of nitrogens with one attached hydrogen (secondary N) is 2. The first-order valence-corrected chi connectivity index (χ1v) is 7.58. The Labute approximate surface area is 127 Å². The normalized spacial score (nSPS) is 21.0. The third-order valence-corrected chi connectivity index (χ3v) is 3.75. The van der Waals surface area contributed by atoms with Gasteiger partial charge in [0.1, 0.15) is 5.75 Å². The molecule has 1 fully saturated rings. The van der Waals surface area contributed by atoms with Crippen molar-refractivity contribution in [1.29, 1.82) is 0 Å². The molecule has 0 heterocycles. The predicted molar refractivity (Wildman–Crippen MR) is 84.6 cm³/mol. The van der Waals surface area contributed by atoms with Crippen molar-refractivity contribution in [3.8, 4) is 5.75 Å². The maximum atomic E-state index is 12.1. The van der Waals surface area contributed by atoms with E-state index in [2.05, 4.69) is 37.5 Å². The van der Waals surface area contributed by atoms with Crippen LogP contribution in [-0.4, -0.2) is 31.6 Å². The maximum Gasteiger partial charge on any atom is 0.223 e. The molecular formula is C17H26N2O2. The van der Waals surface area contributed by atoms with Crippen LogP contribution in [-0.2, 0) is 4.79 Å². The highest BCUT2D eigenvalue weighted by Crippen LogP contribution is 2.50. The van der Waals surface area contributed by atoms with Crippen LogP contribution in [0.4, 0.5) is 0 Å². The van der Waals surface area contributed by atoms with Crippen molar-refractivity contribution in [3.63, 3.8) is 0 Å². The average molecular weight is 290 g/mol. The van der Waals surface area contributed by atoms with Crippen molar-refractivity contribution < 1.29 is 9.53 Å². The number of hydrogen-bond donors (Lipinski definition) is 2. The second kappa shape index (κ2) is 6.48. The minimum atomic E-state index is 0.0875. The van der Waals surface area contributed by atoms with Gasteiger partial charge in [0.2, 0.25) is 5.91 Å². The van der Waals surface area contributed by atoms with Gasteiger partial charge >= 0.3 is 0 Å². The summed E-state index contributed by atoms with van der Waals surface area (Å²) in [7, 11) is 1.68. The maximum absolute atomic E-state index is 12.1. The minimum absolute atomic E-state index is 0.0875. The number of carbonyl (C=O) groups excluding carboxylic acids is 1. The van der Waals surface area contributed by atoms with Crippen molar-refractivity contribution in [3.05, 3.63) is 29.8 Å². The van der Waals surface area contributed by atoms with Gasteiger partial charge in [0.25, 0.3) is 0 Å². The molecule has 1 aliphatic carbocycles. The van der Waals surface area contributed by atoms with Gasteiger partial charge in [0, 0.05) is 24.5 Å². The largest absolute Gasteiger partial charge is 0.496 e. The highest BCUT2D eigenvalue weighted by atomic mass is 16.5. The second-order valence-electron chi connectivity index (χ2n) is 6.66. The smallest absolute Gasteiger partial charge is 0.223 e. The summed E-state index contributed by atoms with van der Waals surface area (Å²) in [6.45, 7) is 7.82. The summed E-state index contributed by atoms with van der Waals surface area (Å²) >= 11 is 0. The van der Waals surface area contributed by atoms with Crippen LogP contribution in [0.1, 0.15) is 38.7 Å². The zero-order valence-electron chi connectivity index (χ0n) is 13.4. The Morgan fingerprint density at radius 1 is 1.29 bits per heavy atom. The van der Waals surface area contributed by atoms with E-state index in [4.69, 9.17) is 4.74 Å². The molecule has 116 valence electrons. The number of ether oxygens (including phenoxy) is 1. The van der Waals surface area contributed by atoms with Gasteiger partial charge < -0.3 is 15.4 Å². The van der Waals surface area contributed by atoms with Crippen molar-refractivity contribution in [1.82, 2.24) is 10.6 Å². The van der Waals surface area contributed by atoms with E-state index in [1.165, 1.54) is 0 Å². The summed E-state index contributed by atoms with van der Waals surface area (Å²) in [5, 5.41) is 6.38. The number of amides is 1. The van der Waals surface area contributed by atoms with Crippen LogP contribution in [0, 0.1) is 5.92 Å². The Balaban J connectivity index is 1.79. The molecule has 1 aromatic rings. The second-order valence-corrected chi connectivity index (χ2v) is 6.66. The zero-order valence-corrected chi connectivity index (χ0v) is 13.4. The first kappa shape index (κ1) is 15.8. The Bertz CT molecular complexity index is 494. The van der Waals surface area contributed by atoms with Gasteiger partial charge in [-0.3, -0.25) is 4.79 Å². The lowest BCUT2D eigenvalue weighted by Gasteiger charge is -2.20. The van der Waals surface area contributed by atoms with Gasteiger partial charge in [-0.25, -0.2) is 0 Å². The van der Waals surface area contributed by atoms with E-state index >= 15 is 0 Å².